The van der Waals surface area contributed by atoms with Crippen molar-refractivity contribution in [3.05, 3.63) is 94.0 Å². The van der Waals surface area contributed by atoms with Gasteiger partial charge in [-0.1, -0.05) is 12.1 Å². The molecule has 1 aliphatic rings. The first-order valence-corrected chi connectivity index (χ1v) is 11.0. The number of non-ortho nitro benzene ring substituents is 1. The highest BCUT2D eigenvalue weighted by atomic mass is 16.6. The number of rotatable bonds is 9. The molecule has 0 atom stereocenters. The van der Waals surface area contributed by atoms with Gasteiger partial charge in [-0.2, -0.15) is 0 Å². The molecule has 4 amide bonds. The fourth-order valence-electron chi connectivity index (χ4n) is 3.47. The van der Waals surface area contributed by atoms with Gasteiger partial charge in [0, 0.05) is 12.1 Å². The third-order valence-corrected chi connectivity index (χ3v) is 5.27. The first kappa shape index (κ1) is 24.9. The Morgan fingerprint density at radius 3 is 2.19 bits per heavy atom. The average molecular weight is 503 g/mol. The molecule has 1 aliphatic heterocycles. The normalized spacial score (nSPS) is 14.4. The number of methoxy groups -OCH3 is 1. The van der Waals surface area contributed by atoms with Crippen molar-refractivity contribution in [3.8, 4) is 17.2 Å². The van der Waals surface area contributed by atoms with Crippen LogP contribution in [0.15, 0.2) is 78.4 Å². The zero-order valence-electron chi connectivity index (χ0n) is 19.6. The Hall–Kier alpha value is -5.19. The van der Waals surface area contributed by atoms with Gasteiger partial charge in [-0.3, -0.25) is 25.0 Å². The molecule has 1 saturated heterocycles. The number of anilines is 1. The molecule has 37 heavy (non-hydrogen) atoms. The van der Waals surface area contributed by atoms with Gasteiger partial charge in [0.1, 0.15) is 36.0 Å². The lowest BCUT2D eigenvalue weighted by Crippen LogP contribution is -2.54. The van der Waals surface area contributed by atoms with E-state index in [2.05, 4.69) is 5.32 Å². The molecule has 3 aromatic carbocycles. The van der Waals surface area contributed by atoms with Crippen LogP contribution in [0.2, 0.25) is 0 Å². The van der Waals surface area contributed by atoms with Crippen LogP contribution in [-0.2, 0) is 9.59 Å². The maximum atomic E-state index is 13.1. The van der Waals surface area contributed by atoms with Gasteiger partial charge in [-0.15, -0.1) is 0 Å². The van der Waals surface area contributed by atoms with Crippen molar-refractivity contribution in [1.29, 1.82) is 0 Å². The summed E-state index contributed by atoms with van der Waals surface area (Å²) in [6, 6.07) is 17.8. The number of carbonyl (C=O) groups is 3. The topological polar surface area (TPSA) is 137 Å². The van der Waals surface area contributed by atoms with Crippen LogP contribution in [0, 0.1) is 10.1 Å². The summed E-state index contributed by atoms with van der Waals surface area (Å²) in [5.41, 5.74) is 0.549. The second kappa shape index (κ2) is 11.0. The van der Waals surface area contributed by atoms with Gasteiger partial charge in [0.25, 0.3) is 17.5 Å². The number of hydrogen-bond donors (Lipinski definition) is 1. The maximum Gasteiger partial charge on any atom is 0.335 e. The Labute approximate surface area is 211 Å². The first-order valence-electron chi connectivity index (χ1n) is 11.0. The number of barbiturate groups is 1. The van der Waals surface area contributed by atoms with Crippen LogP contribution in [0.1, 0.15) is 5.56 Å². The van der Waals surface area contributed by atoms with Gasteiger partial charge in [-0.05, 0) is 60.2 Å². The molecule has 0 unspecified atom stereocenters. The fourth-order valence-corrected chi connectivity index (χ4v) is 3.47. The Bertz CT molecular complexity index is 1370. The number of imide groups is 2. The maximum absolute atomic E-state index is 13.1. The van der Waals surface area contributed by atoms with Crippen LogP contribution < -0.4 is 24.4 Å². The van der Waals surface area contributed by atoms with Crippen molar-refractivity contribution in [3.63, 3.8) is 0 Å². The lowest BCUT2D eigenvalue weighted by Gasteiger charge is -2.26. The highest BCUT2D eigenvalue weighted by Gasteiger charge is 2.36. The molecule has 0 bridgehead atoms. The summed E-state index contributed by atoms with van der Waals surface area (Å²) in [6.45, 7) is 0.360. The highest BCUT2D eigenvalue weighted by Crippen LogP contribution is 2.25. The van der Waals surface area contributed by atoms with Gasteiger partial charge in [0.05, 0.1) is 17.7 Å². The summed E-state index contributed by atoms with van der Waals surface area (Å²) in [5.74, 6) is -0.0846. The van der Waals surface area contributed by atoms with Crippen LogP contribution in [0.5, 0.6) is 17.2 Å². The molecule has 11 nitrogen and oxygen atoms in total. The summed E-state index contributed by atoms with van der Waals surface area (Å²) >= 11 is 0. The monoisotopic (exact) mass is 503 g/mol. The second-order valence-corrected chi connectivity index (χ2v) is 7.68. The Balaban J connectivity index is 1.42. The van der Waals surface area contributed by atoms with Gasteiger partial charge >= 0.3 is 6.03 Å². The van der Waals surface area contributed by atoms with E-state index in [1.165, 1.54) is 49.6 Å². The van der Waals surface area contributed by atoms with Crippen molar-refractivity contribution in [2.45, 2.75) is 0 Å². The zero-order valence-corrected chi connectivity index (χ0v) is 19.6. The van der Waals surface area contributed by atoms with Crippen LogP contribution in [-0.4, -0.2) is 43.1 Å². The standard InChI is InChI=1S/C26H21N3O8/c1-35-20-9-5-18(6-10-20)28-25(31)23(24(30)27-26(28)32)16-17-3-2-4-22(15-17)37-14-13-36-21-11-7-19(8-12-21)29(33)34/h2-12,15-16H,13-14H2,1H3,(H,27,30,32). The van der Waals surface area contributed by atoms with E-state index >= 15 is 0 Å². The fraction of sp³-hybridized carbons (Fsp3) is 0.115. The Morgan fingerprint density at radius 2 is 1.54 bits per heavy atom. The number of nitro benzene ring substituents is 1. The minimum Gasteiger partial charge on any atom is -0.497 e. The number of hydrogen-bond acceptors (Lipinski definition) is 8. The predicted octanol–water partition coefficient (Wildman–Crippen LogP) is 3.73. The van der Waals surface area contributed by atoms with Crippen LogP contribution in [0.25, 0.3) is 6.08 Å². The summed E-state index contributed by atoms with van der Waals surface area (Å²) in [6.07, 6.45) is 1.38. The molecular weight excluding hydrogens is 482 g/mol. The minimum absolute atomic E-state index is 0.0313. The molecular formula is C26H21N3O8. The molecule has 0 aromatic heterocycles. The van der Waals surface area contributed by atoms with Crippen molar-refractivity contribution in [1.82, 2.24) is 5.32 Å². The lowest BCUT2D eigenvalue weighted by molar-refractivity contribution is -0.384. The number of amides is 4. The molecule has 1 heterocycles. The van der Waals surface area contributed by atoms with Crippen LogP contribution >= 0.6 is 0 Å². The first-order chi connectivity index (χ1) is 17.9. The molecule has 3 aromatic rings. The number of carbonyl (C=O) groups excluding carboxylic acids is 3. The molecule has 0 spiro atoms. The molecule has 4 rings (SSSR count). The Kier molecular flexibility index (Phi) is 7.43. The smallest absolute Gasteiger partial charge is 0.335 e. The van der Waals surface area contributed by atoms with Crippen LogP contribution in [0.4, 0.5) is 16.2 Å². The number of nitrogens with one attached hydrogen (secondary N) is 1. The average Bonchev–Trinajstić information content (AvgIpc) is 2.90. The van der Waals surface area contributed by atoms with Gasteiger partial charge in [-0.25, -0.2) is 9.69 Å². The van der Waals surface area contributed by atoms with E-state index in [0.717, 1.165) is 4.90 Å². The molecule has 188 valence electrons. The van der Waals surface area contributed by atoms with Gasteiger partial charge in [0.2, 0.25) is 0 Å². The summed E-state index contributed by atoms with van der Waals surface area (Å²) < 4.78 is 16.3. The third kappa shape index (κ3) is 5.90. The number of benzene rings is 3. The second-order valence-electron chi connectivity index (χ2n) is 7.68. The number of ether oxygens (including phenoxy) is 3. The zero-order chi connectivity index (χ0) is 26.4. The van der Waals surface area contributed by atoms with Crippen molar-refractivity contribution in [2.75, 3.05) is 25.2 Å². The SMILES string of the molecule is COc1ccc(N2C(=O)NC(=O)C(=Cc3cccc(OCCOc4ccc([N+](=O)[O-])cc4)c3)C2=O)cc1. The molecule has 1 N–H and O–H groups in total. The van der Waals surface area contributed by atoms with Crippen molar-refractivity contribution >= 4 is 35.3 Å². The van der Waals surface area contributed by atoms with E-state index in [0.29, 0.717) is 22.8 Å². The van der Waals surface area contributed by atoms with Crippen LogP contribution in [0.3, 0.4) is 0 Å². The molecule has 1 fully saturated rings. The molecule has 0 radical (unpaired) electrons. The largest absolute Gasteiger partial charge is 0.497 e. The van der Waals surface area contributed by atoms with E-state index < -0.39 is 22.8 Å². The van der Waals surface area contributed by atoms with E-state index in [1.807, 2.05) is 0 Å². The van der Waals surface area contributed by atoms with E-state index in [-0.39, 0.29) is 30.2 Å². The third-order valence-electron chi connectivity index (χ3n) is 5.27. The Morgan fingerprint density at radius 1 is 0.892 bits per heavy atom. The number of urea groups is 1. The van der Waals surface area contributed by atoms with E-state index in [1.54, 1.807) is 36.4 Å². The van der Waals surface area contributed by atoms with Crippen molar-refractivity contribution < 1.29 is 33.5 Å². The molecule has 11 heteroatoms. The van der Waals surface area contributed by atoms with E-state index in [4.69, 9.17) is 14.2 Å². The summed E-state index contributed by atoms with van der Waals surface area (Å²) in [7, 11) is 1.50. The quantitative estimate of drug-likeness (QED) is 0.153. The van der Waals surface area contributed by atoms with E-state index in [9.17, 15) is 24.5 Å². The van der Waals surface area contributed by atoms with Crippen molar-refractivity contribution in [2.24, 2.45) is 0 Å². The molecule has 0 aliphatic carbocycles. The summed E-state index contributed by atoms with van der Waals surface area (Å²) in [4.78, 5) is 49.0. The molecule has 0 saturated carbocycles. The number of nitro groups is 1. The highest BCUT2D eigenvalue weighted by molar-refractivity contribution is 6.39. The van der Waals surface area contributed by atoms with Gasteiger partial charge < -0.3 is 14.2 Å². The number of nitrogens with zero attached hydrogens (tertiary/aromatic N) is 2. The van der Waals surface area contributed by atoms with Gasteiger partial charge in [0.15, 0.2) is 0 Å². The summed E-state index contributed by atoms with van der Waals surface area (Å²) in [5, 5.41) is 12.9. The predicted molar refractivity (Wildman–Crippen MR) is 133 cm³/mol. The minimum atomic E-state index is -0.845. The lowest BCUT2D eigenvalue weighted by atomic mass is 10.1.